The van der Waals surface area contributed by atoms with E-state index in [1.54, 1.807) is 0 Å². The highest BCUT2D eigenvalue weighted by Crippen LogP contribution is 2.09. The van der Waals surface area contributed by atoms with Gasteiger partial charge in [-0.3, -0.25) is 10.9 Å². The molecule has 0 spiro atoms. The molecule has 102 valence electrons. The van der Waals surface area contributed by atoms with Crippen molar-refractivity contribution in [3.63, 3.8) is 0 Å². The Kier molecular flexibility index (Phi) is 4.00. The van der Waals surface area contributed by atoms with E-state index in [1.807, 2.05) is 13.8 Å². The van der Waals surface area contributed by atoms with Crippen LogP contribution in [0.1, 0.15) is 19.7 Å². The predicted molar refractivity (Wildman–Crippen MR) is 67.2 cm³/mol. The molecule has 1 aromatic rings. The zero-order valence-corrected chi connectivity index (χ0v) is 11.3. The first-order valence-electron chi connectivity index (χ1n) is 6.05. The molecule has 8 heteroatoms. The summed E-state index contributed by atoms with van der Waals surface area (Å²) >= 11 is 0. The lowest BCUT2D eigenvalue weighted by atomic mass is 10.1. The molecular formula is C10H19N5O2S. The Hall–Kier alpha value is -0.960. The molecule has 1 aliphatic heterocycles. The van der Waals surface area contributed by atoms with Gasteiger partial charge in [-0.25, -0.2) is 18.1 Å². The Labute approximate surface area is 107 Å². The lowest BCUT2D eigenvalue weighted by Gasteiger charge is -2.13. The van der Waals surface area contributed by atoms with Crippen LogP contribution in [0.25, 0.3) is 0 Å². The van der Waals surface area contributed by atoms with Crippen molar-refractivity contribution < 1.29 is 8.42 Å². The van der Waals surface area contributed by atoms with Gasteiger partial charge in [-0.1, -0.05) is 6.92 Å². The minimum Gasteiger partial charge on any atom is -0.332 e. The Morgan fingerprint density at radius 3 is 2.89 bits per heavy atom. The van der Waals surface area contributed by atoms with Crippen LogP contribution < -0.4 is 15.6 Å². The first-order valence-corrected chi connectivity index (χ1v) is 7.53. The predicted octanol–water partition coefficient (Wildman–Crippen LogP) is -0.637. The van der Waals surface area contributed by atoms with E-state index in [2.05, 4.69) is 25.5 Å². The van der Waals surface area contributed by atoms with Crippen molar-refractivity contribution in [2.24, 2.45) is 5.92 Å². The fraction of sp³-hybridized carbons (Fsp3) is 0.700. The van der Waals surface area contributed by atoms with E-state index in [1.165, 1.54) is 6.20 Å². The highest BCUT2D eigenvalue weighted by molar-refractivity contribution is 7.89. The number of aromatic amines is 1. The molecule has 2 heterocycles. The van der Waals surface area contributed by atoms with Gasteiger partial charge >= 0.3 is 0 Å². The topological polar surface area (TPSA) is 98.9 Å². The zero-order valence-electron chi connectivity index (χ0n) is 10.5. The van der Waals surface area contributed by atoms with Crippen LogP contribution >= 0.6 is 0 Å². The molecule has 2 atom stereocenters. The number of nitrogens with zero attached hydrogens (tertiary/aromatic N) is 1. The molecule has 7 nitrogen and oxygen atoms in total. The Morgan fingerprint density at radius 1 is 1.56 bits per heavy atom. The number of imidazole rings is 1. The van der Waals surface area contributed by atoms with Gasteiger partial charge in [0.2, 0.25) is 0 Å². The summed E-state index contributed by atoms with van der Waals surface area (Å²) in [6.07, 6.45) is 2.04. The third-order valence-electron chi connectivity index (χ3n) is 3.17. The smallest absolute Gasteiger partial charge is 0.257 e. The average Bonchev–Trinajstić information content (AvgIpc) is 2.95. The maximum atomic E-state index is 12.0. The Balaban J connectivity index is 1.98. The number of sulfonamides is 1. The second kappa shape index (κ2) is 5.35. The van der Waals surface area contributed by atoms with Crippen molar-refractivity contribution in [2.75, 3.05) is 13.1 Å². The fourth-order valence-corrected chi connectivity index (χ4v) is 2.88. The molecule has 2 rings (SSSR count). The van der Waals surface area contributed by atoms with Gasteiger partial charge in [0, 0.05) is 31.5 Å². The van der Waals surface area contributed by atoms with Gasteiger partial charge in [-0.15, -0.1) is 0 Å². The summed E-state index contributed by atoms with van der Waals surface area (Å²) in [6.45, 7) is 5.10. The van der Waals surface area contributed by atoms with Crippen LogP contribution in [-0.4, -0.2) is 37.5 Å². The fourth-order valence-electron chi connectivity index (χ4n) is 1.85. The molecule has 2 unspecified atom stereocenters. The largest absolute Gasteiger partial charge is 0.332 e. The van der Waals surface area contributed by atoms with E-state index < -0.39 is 10.0 Å². The zero-order chi connectivity index (χ0) is 13.2. The number of hydrogen-bond donors (Lipinski definition) is 4. The summed E-state index contributed by atoms with van der Waals surface area (Å²) in [5.74, 6) is 0.918. The number of rotatable bonds is 5. The number of hydrogen-bond acceptors (Lipinski definition) is 5. The van der Waals surface area contributed by atoms with E-state index >= 15 is 0 Å². The maximum Gasteiger partial charge on any atom is 0.257 e. The van der Waals surface area contributed by atoms with Crippen molar-refractivity contribution in [3.8, 4) is 0 Å². The second-order valence-corrected chi connectivity index (χ2v) is 6.21. The van der Waals surface area contributed by atoms with Crippen molar-refractivity contribution >= 4 is 10.0 Å². The third-order valence-corrected chi connectivity index (χ3v) is 4.50. The molecule has 1 aliphatic rings. The number of hydrazine groups is 1. The quantitative estimate of drug-likeness (QED) is 0.572. The highest BCUT2D eigenvalue weighted by Gasteiger charge is 2.25. The van der Waals surface area contributed by atoms with Crippen LogP contribution in [0, 0.1) is 5.92 Å². The maximum absolute atomic E-state index is 12.0. The summed E-state index contributed by atoms with van der Waals surface area (Å²) in [5, 5.41) is 0.130. The van der Waals surface area contributed by atoms with E-state index in [0.29, 0.717) is 18.8 Å². The van der Waals surface area contributed by atoms with Gasteiger partial charge in [0.15, 0.2) is 5.03 Å². The molecule has 0 radical (unpaired) electrons. The van der Waals surface area contributed by atoms with Gasteiger partial charge in [0.25, 0.3) is 10.0 Å². The van der Waals surface area contributed by atoms with Crippen LogP contribution in [0.2, 0.25) is 0 Å². The van der Waals surface area contributed by atoms with Crippen molar-refractivity contribution in [1.29, 1.82) is 0 Å². The molecule has 18 heavy (non-hydrogen) atoms. The number of nitrogens with one attached hydrogen (secondary N) is 4. The minimum atomic E-state index is -3.48. The molecule has 1 saturated heterocycles. The summed E-state index contributed by atoms with van der Waals surface area (Å²) in [5.41, 5.74) is 6.06. The molecule has 4 N–H and O–H groups in total. The normalized spacial score (nSPS) is 24.6. The third kappa shape index (κ3) is 2.89. The van der Waals surface area contributed by atoms with Gasteiger partial charge in [0.05, 0.1) is 6.20 Å². The van der Waals surface area contributed by atoms with Gasteiger partial charge in [0.1, 0.15) is 5.82 Å². The second-order valence-electron chi connectivity index (χ2n) is 4.47. The van der Waals surface area contributed by atoms with Crippen molar-refractivity contribution in [1.82, 2.24) is 25.5 Å². The SMILES string of the molecule is CCc1ncc(S(=O)(=O)NCC2CNNC2C)[nH]1. The van der Waals surface area contributed by atoms with Crippen LogP contribution in [0.3, 0.4) is 0 Å². The summed E-state index contributed by atoms with van der Waals surface area (Å²) < 4.78 is 26.6. The van der Waals surface area contributed by atoms with Crippen molar-refractivity contribution in [2.45, 2.75) is 31.3 Å². The van der Waals surface area contributed by atoms with Crippen molar-refractivity contribution in [3.05, 3.63) is 12.0 Å². The lowest BCUT2D eigenvalue weighted by molar-refractivity contribution is 0.478. The van der Waals surface area contributed by atoms with E-state index in [-0.39, 0.29) is 17.0 Å². The van der Waals surface area contributed by atoms with Gasteiger partial charge in [-0.2, -0.15) is 0 Å². The first-order chi connectivity index (χ1) is 8.53. The Morgan fingerprint density at radius 2 is 2.33 bits per heavy atom. The molecule has 0 saturated carbocycles. The number of aromatic nitrogens is 2. The first kappa shape index (κ1) is 13.5. The van der Waals surface area contributed by atoms with Crippen LogP contribution in [0.5, 0.6) is 0 Å². The van der Waals surface area contributed by atoms with Crippen LogP contribution in [-0.2, 0) is 16.4 Å². The van der Waals surface area contributed by atoms with E-state index in [9.17, 15) is 8.42 Å². The van der Waals surface area contributed by atoms with Gasteiger partial charge < -0.3 is 4.98 Å². The highest BCUT2D eigenvalue weighted by atomic mass is 32.2. The standard InChI is InChI=1S/C10H19N5O2S/c1-3-9-11-6-10(14-9)18(16,17)13-5-8-4-12-15-7(8)2/h6-8,12-13,15H,3-5H2,1-2H3,(H,11,14). The molecule has 1 aromatic heterocycles. The Bertz CT molecular complexity index is 498. The number of aryl methyl sites for hydroxylation is 1. The number of H-pyrrole nitrogens is 1. The van der Waals surface area contributed by atoms with E-state index in [0.717, 1.165) is 6.54 Å². The molecule has 0 aliphatic carbocycles. The molecule has 1 fully saturated rings. The van der Waals surface area contributed by atoms with Crippen LogP contribution in [0.15, 0.2) is 11.2 Å². The molecular weight excluding hydrogens is 254 g/mol. The van der Waals surface area contributed by atoms with Gasteiger partial charge in [-0.05, 0) is 6.92 Å². The molecule has 0 aromatic carbocycles. The summed E-state index contributed by atoms with van der Waals surface area (Å²) in [6, 6.07) is 0.251. The molecule has 0 amide bonds. The summed E-state index contributed by atoms with van der Waals surface area (Å²) in [7, 11) is -3.48. The monoisotopic (exact) mass is 273 g/mol. The molecule has 0 bridgehead atoms. The van der Waals surface area contributed by atoms with Crippen LogP contribution in [0.4, 0.5) is 0 Å². The van der Waals surface area contributed by atoms with E-state index in [4.69, 9.17) is 0 Å². The summed E-state index contributed by atoms with van der Waals surface area (Å²) in [4.78, 5) is 6.79. The minimum absolute atomic E-state index is 0.130. The lowest BCUT2D eigenvalue weighted by Crippen LogP contribution is -2.35. The average molecular weight is 273 g/mol.